The van der Waals surface area contributed by atoms with Crippen LogP contribution in [0.3, 0.4) is 0 Å². The van der Waals surface area contributed by atoms with Gasteiger partial charge in [-0.2, -0.15) is 0 Å². The molecular formula is C11H14ClN. The summed E-state index contributed by atoms with van der Waals surface area (Å²) in [7, 11) is 0. The molecule has 0 radical (unpaired) electrons. The summed E-state index contributed by atoms with van der Waals surface area (Å²) in [5.41, 5.74) is 6.94. The molecule has 0 saturated heterocycles. The maximum atomic E-state index is 5.68. The van der Waals surface area contributed by atoms with Crippen LogP contribution >= 0.6 is 12.4 Å². The van der Waals surface area contributed by atoms with Crippen molar-refractivity contribution in [2.24, 2.45) is 11.7 Å². The molecule has 0 aliphatic heterocycles. The third-order valence-corrected chi connectivity index (χ3v) is 2.23. The van der Waals surface area contributed by atoms with Gasteiger partial charge in [0.05, 0.1) is 0 Å². The van der Waals surface area contributed by atoms with E-state index >= 15 is 0 Å². The Morgan fingerprint density at radius 3 is 2.38 bits per heavy atom. The monoisotopic (exact) mass is 195 g/mol. The predicted molar refractivity (Wildman–Crippen MR) is 58.8 cm³/mol. The second-order valence-corrected chi connectivity index (χ2v) is 3.33. The molecule has 1 aromatic rings. The van der Waals surface area contributed by atoms with E-state index in [0.29, 0.717) is 12.0 Å². The highest BCUT2D eigenvalue weighted by molar-refractivity contribution is 5.85. The fraction of sp³-hybridized carbons (Fsp3) is 0.273. The summed E-state index contributed by atoms with van der Waals surface area (Å²) >= 11 is 0. The third-order valence-electron chi connectivity index (χ3n) is 2.23. The van der Waals surface area contributed by atoms with Crippen LogP contribution in [0.4, 0.5) is 0 Å². The zero-order valence-electron chi connectivity index (χ0n) is 7.39. The van der Waals surface area contributed by atoms with E-state index in [1.807, 2.05) is 18.2 Å². The van der Waals surface area contributed by atoms with Crippen molar-refractivity contribution in [1.82, 2.24) is 0 Å². The molecule has 2 unspecified atom stereocenters. The Labute approximate surface area is 85.1 Å². The molecule has 1 saturated carbocycles. The zero-order chi connectivity index (χ0) is 8.39. The van der Waals surface area contributed by atoms with Gasteiger partial charge in [-0.1, -0.05) is 42.5 Å². The molecule has 1 fully saturated rings. The number of halogens is 1. The Bertz CT molecular complexity index is 281. The maximum absolute atomic E-state index is 5.68. The summed E-state index contributed by atoms with van der Waals surface area (Å²) in [6.45, 7) is 0. The molecule has 0 amide bonds. The molecule has 0 spiro atoms. The van der Waals surface area contributed by atoms with Crippen molar-refractivity contribution in [2.75, 3.05) is 0 Å². The first kappa shape index (κ1) is 10.3. The van der Waals surface area contributed by atoms with Gasteiger partial charge in [-0.3, -0.25) is 0 Å². The maximum Gasteiger partial charge on any atom is 0.0109 e. The molecule has 1 nitrogen and oxygen atoms in total. The van der Waals surface area contributed by atoms with E-state index in [9.17, 15) is 0 Å². The van der Waals surface area contributed by atoms with Gasteiger partial charge in [-0.05, 0) is 17.9 Å². The number of hydrogen-bond acceptors (Lipinski definition) is 1. The average Bonchev–Trinajstić information content (AvgIpc) is 2.81. The van der Waals surface area contributed by atoms with Crippen LogP contribution in [0.2, 0.25) is 0 Å². The predicted octanol–water partition coefficient (Wildman–Crippen LogP) is 2.47. The number of nitrogens with two attached hydrogens (primary N) is 1. The van der Waals surface area contributed by atoms with Gasteiger partial charge in [0.2, 0.25) is 0 Å². The molecule has 70 valence electrons. The van der Waals surface area contributed by atoms with E-state index in [0.717, 1.165) is 6.42 Å². The van der Waals surface area contributed by atoms with Crippen LogP contribution in [0.25, 0.3) is 6.08 Å². The summed E-state index contributed by atoms with van der Waals surface area (Å²) in [5.74, 6) is 0.630. The Morgan fingerprint density at radius 1 is 1.23 bits per heavy atom. The molecule has 2 rings (SSSR count). The molecule has 1 aliphatic carbocycles. The second kappa shape index (κ2) is 4.45. The minimum atomic E-state index is 0. The van der Waals surface area contributed by atoms with Crippen LogP contribution in [0.1, 0.15) is 12.0 Å². The van der Waals surface area contributed by atoms with Crippen LogP contribution in [0, 0.1) is 5.92 Å². The van der Waals surface area contributed by atoms with Crippen molar-refractivity contribution < 1.29 is 0 Å². The van der Waals surface area contributed by atoms with Gasteiger partial charge in [0.25, 0.3) is 0 Å². The Balaban J connectivity index is 0.000000845. The van der Waals surface area contributed by atoms with E-state index in [1.54, 1.807) is 0 Å². The van der Waals surface area contributed by atoms with Crippen LogP contribution in [-0.2, 0) is 0 Å². The first-order valence-corrected chi connectivity index (χ1v) is 4.35. The molecule has 1 aromatic carbocycles. The Morgan fingerprint density at radius 2 is 1.85 bits per heavy atom. The zero-order valence-corrected chi connectivity index (χ0v) is 8.21. The highest BCUT2D eigenvalue weighted by Crippen LogP contribution is 2.29. The SMILES string of the molecule is Cl.NC1CC1C=Cc1ccccc1. The van der Waals surface area contributed by atoms with Gasteiger partial charge >= 0.3 is 0 Å². The molecule has 0 bridgehead atoms. The van der Waals surface area contributed by atoms with E-state index in [2.05, 4.69) is 24.3 Å². The average molecular weight is 196 g/mol. The quantitative estimate of drug-likeness (QED) is 0.771. The van der Waals surface area contributed by atoms with Crippen molar-refractivity contribution in [3.05, 3.63) is 42.0 Å². The van der Waals surface area contributed by atoms with Gasteiger partial charge in [-0.15, -0.1) is 12.4 Å². The van der Waals surface area contributed by atoms with Crippen molar-refractivity contribution in [2.45, 2.75) is 12.5 Å². The number of benzene rings is 1. The van der Waals surface area contributed by atoms with Gasteiger partial charge in [0, 0.05) is 6.04 Å². The van der Waals surface area contributed by atoms with Crippen molar-refractivity contribution >= 4 is 18.5 Å². The number of rotatable bonds is 2. The highest BCUT2D eigenvalue weighted by Gasteiger charge is 2.30. The fourth-order valence-corrected chi connectivity index (χ4v) is 1.26. The summed E-state index contributed by atoms with van der Waals surface area (Å²) in [5, 5.41) is 0. The lowest BCUT2D eigenvalue weighted by Crippen LogP contribution is -1.99. The van der Waals surface area contributed by atoms with Crippen molar-refractivity contribution in [3.8, 4) is 0 Å². The van der Waals surface area contributed by atoms with E-state index < -0.39 is 0 Å². The van der Waals surface area contributed by atoms with Crippen LogP contribution in [0.5, 0.6) is 0 Å². The van der Waals surface area contributed by atoms with Crippen molar-refractivity contribution in [1.29, 1.82) is 0 Å². The molecule has 2 N–H and O–H groups in total. The van der Waals surface area contributed by atoms with Crippen LogP contribution in [0.15, 0.2) is 36.4 Å². The first-order chi connectivity index (χ1) is 5.86. The van der Waals surface area contributed by atoms with Crippen LogP contribution in [-0.4, -0.2) is 6.04 Å². The topological polar surface area (TPSA) is 26.0 Å². The first-order valence-electron chi connectivity index (χ1n) is 4.35. The van der Waals surface area contributed by atoms with E-state index in [1.165, 1.54) is 5.56 Å². The minimum absolute atomic E-state index is 0. The lowest BCUT2D eigenvalue weighted by molar-refractivity contribution is 0.980. The lowest BCUT2D eigenvalue weighted by atomic mass is 10.2. The van der Waals surface area contributed by atoms with Crippen molar-refractivity contribution in [3.63, 3.8) is 0 Å². The van der Waals surface area contributed by atoms with Gasteiger partial charge in [0.15, 0.2) is 0 Å². The largest absolute Gasteiger partial charge is 0.327 e. The second-order valence-electron chi connectivity index (χ2n) is 3.33. The summed E-state index contributed by atoms with van der Waals surface area (Å²) in [6.07, 6.45) is 5.51. The van der Waals surface area contributed by atoms with E-state index in [4.69, 9.17) is 5.73 Å². The van der Waals surface area contributed by atoms with Gasteiger partial charge in [0.1, 0.15) is 0 Å². The molecular weight excluding hydrogens is 182 g/mol. The summed E-state index contributed by atoms with van der Waals surface area (Å²) in [6, 6.07) is 10.7. The highest BCUT2D eigenvalue weighted by atomic mass is 35.5. The Kier molecular flexibility index (Phi) is 3.52. The summed E-state index contributed by atoms with van der Waals surface area (Å²) < 4.78 is 0. The normalized spacial score (nSPS) is 25.6. The minimum Gasteiger partial charge on any atom is -0.327 e. The van der Waals surface area contributed by atoms with Gasteiger partial charge in [-0.25, -0.2) is 0 Å². The molecule has 2 atom stereocenters. The molecule has 13 heavy (non-hydrogen) atoms. The van der Waals surface area contributed by atoms with Gasteiger partial charge < -0.3 is 5.73 Å². The molecule has 0 heterocycles. The standard InChI is InChI=1S/C11H13N.ClH/c12-11-8-10(11)7-6-9-4-2-1-3-5-9;/h1-7,10-11H,8,12H2;1H. The summed E-state index contributed by atoms with van der Waals surface area (Å²) in [4.78, 5) is 0. The molecule has 0 aromatic heterocycles. The molecule has 2 heteroatoms. The number of hydrogen-bond donors (Lipinski definition) is 1. The fourth-order valence-electron chi connectivity index (χ4n) is 1.26. The van der Waals surface area contributed by atoms with E-state index in [-0.39, 0.29) is 12.4 Å². The van der Waals surface area contributed by atoms with Crippen LogP contribution < -0.4 is 5.73 Å². The smallest absolute Gasteiger partial charge is 0.0109 e. The lowest BCUT2D eigenvalue weighted by Gasteiger charge is -1.89. The Hall–Kier alpha value is -0.790. The molecule has 1 aliphatic rings. The third kappa shape index (κ3) is 2.87.